The summed E-state index contributed by atoms with van der Waals surface area (Å²) in [6.45, 7) is 2.15. The maximum atomic E-state index is 13.1. The molecule has 1 aromatic carbocycles. The largest absolute Gasteiger partial charge is 0.353 e. The Hall–Kier alpha value is -1.95. The number of nitrogens with one attached hydrogen (secondary N) is 1. The minimum absolute atomic E-state index is 0.156. The highest BCUT2D eigenvalue weighted by Crippen LogP contribution is 2.26. The van der Waals surface area contributed by atoms with Gasteiger partial charge in [0.05, 0.1) is 17.2 Å². The number of fused-ring (bicyclic) bond motifs is 1. The van der Waals surface area contributed by atoms with Crippen LogP contribution < -0.4 is 5.32 Å². The molecule has 4 rings (SSSR count). The molecule has 0 bridgehead atoms. The topological polar surface area (TPSA) is 107 Å². The van der Waals surface area contributed by atoms with E-state index in [1.54, 1.807) is 6.07 Å². The van der Waals surface area contributed by atoms with E-state index < -0.39 is 10.0 Å². The first-order valence-electron chi connectivity index (χ1n) is 10.9. The van der Waals surface area contributed by atoms with Gasteiger partial charge < -0.3 is 5.32 Å². The van der Waals surface area contributed by atoms with Gasteiger partial charge in [-0.05, 0) is 48.9 Å². The smallest absolute Gasteiger partial charge is 0.288 e. The summed E-state index contributed by atoms with van der Waals surface area (Å²) in [4.78, 5) is 38.7. The van der Waals surface area contributed by atoms with Crippen molar-refractivity contribution < 1.29 is 22.8 Å². The highest BCUT2D eigenvalue weighted by Gasteiger charge is 2.31. The molecule has 0 saturated carbocycles. The summed E-state index contributed by atoms with van der Waals surface area (Å²) in [5.74, 6) is -0.279. The molecule has 0 spiro atoms. The Morgan fingerprint density at radius 2 is 1.75 bits per heavy atom. The number of nitrogens with zero attached hydrogens (tertiary/aromatic N) is 3. The molecule has 1 aromatic rings. The second-order valence-electron chi connectivity index (χ2n) is 8.27. The molecule has 11 heteroatoms. The van der Waals surface area contributed by atoms with Crippen LogP contribution >= 0.6 is 11.8 Å². The van der Waals surface area contributed by atoms with Gasteiger partial charge in [-0.2, -0.15) is 4.31 Å². The molecule has 1 aliphatic carbocycles. The lowest BCUT2D eigenvalue weighted by Gasteiger charge is -2.33. The number of benzene rings is 1. The number of amides is 3. The van der Waals surface area contributed by atoms with Gasteiger partial charge in [0.15, 0.2) is 0 Å². The van der Waals surface area contributed by atoms with E-state index in [0.29, 0.717) is 31.1 Å². The lowest BCUT2D eigenvalue weighted by molar-refractivity contribution is -0.126. The number of piperazine rings is 1. The van der Waals surface area contributed by atoms with Gasteiger partial charge in [0.1, 0.15) is 0 Å². The third-order valence-electron chi connectivity index (χ3n) is 6.15. The maximum absolute atomic E-state index is 13.1. The second-order valence-corrected chi connectivity index (χ2v) is 11.1. The number of rotatable bonds is 7. The van der Waals surface area contributed by atoms with Gasteiger partial charge in [0, 0.05) is 39.3 Å². The molecule has 2 aliphatic heterocycles. The Labute approximate surface area is 192 Å². The molecular weight excluding hydrogens is 452 g/mol. The van der Waals surface area contributed by atoms with Crippen LogP contribution in [0.3, 0.4) is 0 Å². The van der Waals surface area contributed by atoms with Crippen LogP contribution in [0, 0.1) is 0 Å². The van der Waals surface area contributed by atoms with Crippen LogP contribution in [0.15, 0.2) is 23.1 Å². The van der Waals surface area contributed by atoms with Crippen molar-refractivity contribution in [2.45, 2.75) is 30.6 Å². The minimum atomic E-state index is -3.55. The average Bonchev–Trinajstić information content (AvgIpc) is 3.11. The van der Waals surface area contributed by atoms with Crippen molar-refractivity contribution >= 4 is 38.8 Å². The summed E-state index contributed by atoms with van der Waals surface area (Å²) in [5, 5.41) is 2.45. The Bertz CT molecular complexity index is 989. The van der Waals surface area contributed by atoms with Crippen LogP contribution in [-0.2, 0) is 32.5 Å². The van der Waals surface area contributed by atoms with E-state index in [9.17, 15) is 22.8 Å². The highest BCUT2D eigenvalue weighted by molar-refractivity contribution is 8.14. The number of carbonyl (C=O) groups excluding carboxylic acids is 3. The molecule has 0 atom stereocenters. The molecule has 32 heavy (non-hydrogen) atoms. The average molecular weight is 481 g/mol. The van der Waals surface area contributed by atoms with Gasteiger partial charge in [-0.25, -0.2) is 8.42 Å². The number of aryl methyl sites for hydroxylation is 2. The SMILES string of the molecule is O=C(CN1CCN(S(=O)(=O)c2ccc3c(c2)CCCC3)CC1)NCCN1C(=O)CSC1=O. The van der Waals surface area contributed by atoms with Crippen molar-refractivity contribution in [1.29, 1.82) is 0 Å². The summed E-state index contributed by atoms with van der Waals surface area (Å²) >= 11 is 0.971. The quantitative estimate of drug-likeness (QED) is 0.612. The molecular formula is C21H28N4O5S2. The first kappa shape index (κ1) is 23.2. The Kier molecular flexibility index (Phi) is 7.18. The summed E-state index contributed by atoms with van der Waals surface area (Å²) < 4.78 is 27.7. The standard InChI is InChI=1S/C21H28N4O5S2/c26-19(22-7-8-25-20(27)15-31-21(25)28)14-23-9-11-24(12-10-23)32(29,30)18-6-5-16-3-1-2-4-17(16)13-18/h5-6,13H,1-4,7-12,14-15H2,(H,22,26). The van der Waals surface area contributed by atoms with Crippen LogP contribution in [0.5, 0.6) is 0 Å². The third kappa shape index (κ3) is 5.16. The first-order valence-corrected chi connectivity index (χ1v) is 13.4. The number of hydrogen-bond acceptors (Lipinski definition) is 7. The normalized spacial score (nSPS) is 20.4. The van der Waals surface area contributed by atoms with Crippen molar-refractivity contribution in [3.63, 3.8) is 0 Å². The lowest BCUT2D eigenvalue weighted by atomic mass is 9.92. The van der Waals surface area contributed by atoms with Gasteiger partial charge in [0.25, 0.3) is 5.24 Å². The molecule has 0 aromatic heterocycles. The number of imide groups is 1. The van der Waals surface area contributed by atoms with Crippen molar-refractivity contribution in [2.75, 3.05) is 51.6 Å². The molecule has 174 valence electrons. The summed E-state index contributed by atoms with van der Waals surface area (Å²) in [5.41, 5.74) is 2.40. The third-order valence-corrected chi connectivity index (χ3v) is 8.91. The van der Waals surface area contributed by atoms with E-state index >= 15 is 0 Å². The van der Waals surface area contributed by atoms with E-state index in [-0.39, 0.29) is 42.4 Å². The van der Waals surface area contributed by atoms with Crippen LogP contribution in [0.25, 0.3) is 0 Å². The monoisotopic (exact) mass is 480 g/mol. The number of sulfonamides is 1. The van der Waals surface area contributed by atoms with Crippen molar-refractivity contribution in [3.8, 4) is 0 Å². The van der Waals surface area contributed by atoms with E-state index in [4.69, 9.17) is 0 Å². The first-order chi connectivity index (χ1) is 15.3. The molecule has 3 amide bonds. The molecule has 3 aliphatic rings. The van der Waals surface area contributed by atoms with Crippen molar-refractivity contribution in [2.24, 2.45) is 0 Å². The molecule has 2 saturated heterocycles. The lowest BCUT2D eigenvalue weighted by Crippen LogP contribution is -2.51. The van der Waals surface area contributed by atoms with Gasteiger partial charge in [-0.15, -0.1) is 0 Å². The van der Waals surface area contributed by atoms with Crippen LogP contribution in [0.4, 0.5) is 4.79 Å². The van der Waals surface area contributed by atoms with E-state index in [1.165, 1.54) is 9.87 Å². The van der Waals surface area contributed by atoms with Crippen LogP contribution in [0.2, 0.25) is 0 Å². The predicted molar refractivity (Wildman–Crippen MR) is 121 cm³/mol. The fourth-order valence-electron chi connectivity index (χ4n) is 4.31. The Morgan fingerprint density at radius 1 is 1.03 bits per heavy atom. The molecule has 9 nitrogen and oxygen atoms in total. The number of thioether (sulfide) groups is 1. The zero-order valence-corrected chi connectivity index (χ0v) is 19.5. The maximum Gasteiger partial charge on any atom is 0.288 e. The summed E-state index contributed by atoms with van der Waals surface area (Å²) in [7, 11) is -3.55. The van der Waals surface area contributed by atoms with Crippen LogP contribution in [-0.4, -0.2) is 91.1 Å². The van der Waals surface area contributed by atoms with E-state index in [1.807, 2.05) is 17.0 Å². The molecule has 1 N–H and O–H groups in total. The summed E-state index contributed by atoms with van der Waals surface area (Å²) in [6.07, 6.45) is 4.20. The Balaban J connectivity index is 1.24. The highest BCUT2D eigenvalue weighted by atomic mass is 32.2. The van der Waals surface area contributed by atoms with Gasteiger partial charge in [-0.3, -0.25) is 24.2 Å². The van der Waals surface area contributed by atoms with E-state index in [2.05, 4.69) is 5.32 Å². The molecule has 2 heterocycles. The number of carbonyl (C=O) groups is 3. The van der Waals surface area contributed by atoms with Gasteiger partial charge in [0.2, 0.25) is 21.8 Å². The zero-order chi connectivity index (χ0) is 22.7. The minimum Gasteiger partial charge on any atom is -0.353 e. The summed E-state index contributed by atoms with van der Waals surface area (Å²) in [6, 6.07) is 5.50. The van der Waals surface area contributed by atoms with Gasteiger partial charge >= 0.3 is 0 Å². The Morgan fingerprint density at radius 3 is 2.44 bits per heavy atom. The predicted octanol–water partition coefficient (Wildman–Crippen LogP) is 0.683. The molecule has 0 radical (unpaired) electrons. The van der Waals surface area contributed by atoms with E-state index in [0.717, 1.165) is 47.9 Å². The second kappa shape index (κ2) is 9.90. The molecule has 2 fully saturated rings. The number of hydrogen-bond donors (Lipinski definition) is 1. The fourth-order valence-corrected chi connectivity index (χ4v) is 6.54. The molecule has 0 unspecified atom stereocenters. The fraction of sp³-hybridized carbons (Fsp3) is 0.571. The van der Waals surface area contributed by atoms with Gasteiger partial charge in [-0.1, -0.05) is 17.8 Å². The zero-order valence-electron chi connectivity index (χ0n) is 17.9. The van der Waals surface area contributed by atoms with Crippen molar-refractivity contribution in [3.05, 3.63) is 29.3 Å². The van der Waals surface area contributed by atoms with Crippen molar-refractivity contribution in [1.82, 2.24) is 19.4 Å². The van der Waals surface area contributed by atoms with Crippen LogP contribution in [0.1, 0.15) is 24.0 Å².